The molecule has 1 rings (SSSR count). The van der Waals surface area contributed by atoms with Crippen LogP contribution >= 0.6 is 11.6 Å². The number of benzene rings is 1. The first-order valence-electron chi connectivity index (χ1n) is 8.23. The molecule has 0 bridgehead atoms. The number of nitrogens with zero attached hydrogens (tertiary/aromatic N) is 2. The molecule has 6 heteroatoms. The van der Waals surface area contributed by atoms with Gasteiger partial charge in [0.05, 0.1) is 6.54 Å². The van der Waals surface area contributed by atoms with Gasteiger partial charge in [0, 0.05) is 11.6 Å². The van der Waals surface area contributed by atoms with Crippen LogP contribution in [0.5, 0.6) is 0 Å². The standard InChI is InChI=1S/C17H28ClN5/c1-2-3-4-5-6-9-12-21-16(19)23-17(20)22-13-14-10-7-8-11-15(14)18/h7-8,10-11H,2-6,9,12-13H2,1H3,(H5,19,20,21,22,23). The Morgan fingerprint density at radius 3 is 2.39 bits per heavy atom. The van der Waals surface area contributed by atoms with Crippen molar-refractivity contribution in [2.45, 2.75) is 52.0 Å². The fourth-order valence-corrected chi connectivity index (χ4v) is 2.29. The van der Waals surface area contributed by atoms with Crippen molar-refractivity contribution in [3.63, 3.8) is 0 Å². The van der Waals surface area contributed by atoms with Crippen LogP contribution in [0.15, 0.2) is 34.3 Å². The van der Waals surface area contributed by atoms with E-state index in [9.17, 15) is 0 Å². The number of hydrogen-bond donors (Lipinski definition) is 3. The number of halogens is 1. The van der Waals surface area contributed by atoms with E-state index in [0.29, 0.717) is 24.1 Å². The summed E-state index contributed by atoms with van der Waals surface area (Å²) < 4.78 is 0. The van der Waals surface area contributed by atoms with Gasteiger partial charge in [-0.2, -0.15) is 0 Å². The molecule has 0 heterocycles. The second-order valence-electron chi connectivity index (χ2n) is 5.45. The summed E-state index contributed by atoms with van der Waals surface area (Å²) in [6.07, 6.45) is 7.37. The van der Waals surface area contributed by atoms with Crippen LogP contribution < -0.4 is 16.8 Å². The maximum Gasteiger partial charge on any atom is 0.195 e. The summed E-state index contributed by atoms with van der Waals surface area (Å²) in [4.78, 5) is 8.46. The molecule has 1 aromatic carbocycles. The Balaban J connectivity index is 2.26. The van der Waals surface area contributed by atoms with Gasteiger partial charge in [0.2, 0.25) is 0 Å². The number of guanidine groups is 2. The van der Waals surface area contributed by atoms with E-state index in [-0.39, 0.29) is 5.96 Å². The van der Waals surface area contributed by atoms with Gasteiger partial charge in [-0.1, -0.05) is 68.8 Å². The van der Waals surface area contributed by atoms with Gasteiger partial charge in [0.1, 0.15) is 0 Å². The highest BCUT2D eigenvalue weighted by molar-refractivity contribution is 6.31. The van der Waals surface area contributed by atoms with E-state index in [0.717, 1.165) is 12.0 Å². The van der Waals surface area contributed by atoms with Crippen LogP contribution in [0.2, 0.25) is 5.02 Å². The first kappa shape index (κ1) is 19.3. The van der Waals surface area contributed by atoms with Crippen LogP contribution in [0.1, 0.15) is 51.0 Å². The average molecular weight is 338 g/mol. The van der Waals surface area contributed by atoms with Crippen molar-refractivity contribution in [3.8, 4) is 0 Å². The second-order valence-corrected chi connectivity index (χ2v) is 5.86. The van der Waals surface area contributed by atoms with E-state index in [1.54, 1.807) is 0 Å². The van der Waals surface area contributed by atoms with Crippen molar-refractivity contribution in [2.75, 3.05) is 6.54 Å². The Labute approximate surface area is 144 Å². The first-order valence-corrected chi connectivity index (χ1v) is 8.61. The number of rotatable bonds is 9. The van der Waals surface area contributed by atoms with Gasteiger partial charge in [-0.15, -0.1) is 0 Å². The highest BCUT2D eigenvalue weighted by atomic mass is 35.5. The average Bonchev–Trinajstić information content (AvgIpc) is 2.53. The van der Waals surface area contributed by atoms with E-state index < -0.39 is 0 Å². The van der Waals surface area contributed by atoms with Crippen LogP contribution in [0.4, 0.5) is 0 Å². The maximum atomic E-state index is 6.06. The molecule has 0 saturated carbocycles. The second kappa shape index (κ2) is 11.8. The van der Waals surface area contributed by atoms with E-state index >= 15 is 0 Å². The molecule has 5 N–H and O–H groups in total. The van der Waals surface area contributed by atoms with E-state index in [1.807, 2.05) is 24.3 Å². The van der Waals surface area contributed by atoms with Crippen molar-refractivity contribution in [2.24, 2.45) is 21.5 Å². The monoisotopic (exact) mass is 337 g/mol. The Bertz CT molecular complexity index is 513. The largest absolute Gasteiger partial charge is 0.370 e. The highest BCUT2D eigenvalue weighted by Gasteiger charge is 1.99. The number of aliphatic imine (C=N–C) groups is 2. The summed E-state index contributed by atoms with van der Waals surface area (Å²) in [5, 5.41) is 3.47. The van der Waals surface area contributed by atoms with Crippen molar-refractivity contribution < 1.29 is 0 Å². The molecule has 0 aliphatic rings. The zero-order chi connectivity index (χ0) is 16.9. The van der Waals surface area contributed by atoms with Gasteiger partial charge in [0.15, 0.2) is 11.9 Å². The molecule has 0 aromatic heterocycles. The molecule has 0 spiro atoms. The zero-order valence-corrected chi connectivity index (χ0v) is 14.6. The summed E-state index contributed by atoms with van der Waals surface area (Å²) in [7, 11) is 0. The molecule has 0 radical (unpaired) electrons. The predicted molar refractivity (Wildman–Crippen MR) is 99.8 cm³/mol. The third-order valence-corrected chi connectivity index (χ3v) is 3.80. The summed E-state index contributed by atoms with van der Waals surface area (Å²) in [5.74, 6) is 0.549. The van der Waals surface area contributed by atoms with Crippen molar-refractivity contribution in [3.05, 3.63) is 34.9 Å². The van der Waals surface area contributed by atoms with Crippen molar-refractivity contribution in [1.82, 2.24) is 5.32 Å². The van der Waals surface area contributed by atoms with E-state index in [2.05, 4.69) is 22.2 Å². The molecular weight excluding hydrogens is 310 g/mol. The molecule has 0 saturated heterocycles. The van der Waals surface area contributed by atoms with Crippen LogP contribution in [-0.2, 0) is 6.54 Å². The lowest BCUT2D eigenvalue weighted by Gasteiger charge is -2.06. The minimum Gasteiger partial charge on any atom is -0.370 e. The van der Waals surface area contributed by atoms with Gasteiger partial charge >= 0.3 is 0 Å². The SMILES string of the molecule is CCCCCCCCN=C(N)NC(N)=NCc1ccccc1Cl. The number of nitrogens with one attached hydrogen (secondary N) is 1. The molecule has 1 aromatic rings. The quantitative estimate of drug-likeness (QED) is 0.366. The molecule has 0 unspecified atom stereocenters. The molecule has 5 nitrogen and oxygen atoms in total. The van der Waals surface area contributed by atoms with Crippen LogP contribution in [0.25, 0.3) is 0 Å². The van der Waals surface area contributed by atoms with E-state index in [4.69, 9.17) is 23.1 Å². The molecule has 23 heavy (non-hydrogen) atoms. The van der Waals surface area contributed by atoms with Crippen molar-refractivity contribution >= 4 is 23.5 Å². The predicted octanol–water partition coefficient (Wildman–Crippen LogP) is 3.42. The lowest BCUT2D eigenvalue weighted by Crippen LogP contribution is -2.41. The summed E-state index contributed by atoms with van der Waals surface area (Å²) in [5.41, 5.74) is 12.5. The molecule has 0 aliphatic heterocycles. The third kappa shape index (κ3) is 9.08. The smallest absolute Gasteiger partial charge is 0.195 e. The van der Waals surface area contributed by atoms with Crippen LogP contribution in [0, 0.1) is 0 Å². The Morgan fingerprint density at radius 2 is 1.65 bits per heavy atom. The molecule has 0 aliphatic carbocycles. The molecular formula is C17H28ClN5. The lowest BCUT2D eigenvalue weighted by atomic mass is 10.1. The third-order valence-electron chi connectivity index (χ3n) is 3.43. The summed E-state index contributed by atoms with van der Waals surface area (Å²) in [6.45, 7) is 3.33. The first-order chi connectivity index (χ1) is 11.1. The van der Waals surface area contributed by atoms with Gasteiger partial charge in [0.25, 0.3) is 0 Å². The van der Waals surface area contributed by atoms with Gasteiger partial charge in [-0.3, -0.25) is 10.3 Å². The van der Waals surface area contributed by atoms with Crippen LogP contribution in [0.3, 0.4) is 0 Å². The number of hydrogen-bond acceptors (Lipinski definition) is 2. The molecule has 0 fully saturated rings. The van der Waals surface area contributed by atoms with Gasteiger partial charge in [-0.25, -0.2) is 4.99 Å². The normalized spacial score (nSPS) is 12.4. The Kier molecular flexibility index (Phi) is 9.87. The fraction of sp³-hybridized carbons (Fsp3) is 0.529. The van der Waals surface area contributed by atoms with Gasteiger partial charge < -0.3 is 11.5 Å². The number of nitrogens with two attached hydrogens (primary N) is 2. The maximum absolute atomic E-state index is 6.06. The van der Waals surface area contributed by atoms with E-state index in [1.165, 1.54) is 32.1 Å². The minimum absolute atomic E-state index is 0.245. The van der Waals surface area contributed by atoms with Crippen molar-refractivity contribution in [1.29, 1.82) is 0 Å². The lowest BCUT2D eigenvalue weighted by molar-refractivity contribution is 0.612. The highest BCUT2D eigenvalue weighted by Crippen LogP contribution is 2.15. The summed E-state index contributed by atoms with van der Waals surface area (Å²) >= 11 is 6.06. The Morgan fingerprint density at radius 1 is 1.00 bits per heavy atom. The summed E-state index contributed by atoms with van der Waals surface area (Å²) in [6, 6.07) is 7.53. The Hall–Kier alpha value is -1.75. The van der Waals surface area contributed by atoms with Crippen LogP contribution in [-0.4, -0.2) is 18.5 Å². The zero-order valence-electron chi connectivity index (χ0n) is 13.9. The molecule has 0 atom stereocenters. The topological polar surface area (TPSA) is 88.8 Å². The number of unbranched alkanes of at least 4 members (excludes halogenated alkanes) is 5. The fourth-order valence-electron chi connectivity index (χ4n) is 2.10. The minimum atomic E-state index is 0.245. The van der Waals surface area contributed by atoms with Gasteiger partial charge in [-0.05, 0) is 18.1 Å². The molecule has 128 valence electrons. The molecule has 0 amide bonds.